The molecule has 0 aromatic rings. The van der Waals surface area contributed by atoms with E-state index in [4.69, 9.17) is 0 Å². The molecule has 1 heterocycles. The molecule has 108 valence electrons. The predicted octanol–water partition coefficient (Wildman–Crippen LogP) is 2.24. The third-order valence-corrected chi connectivity index (χ3v) is 5.11. The van der Waals surface area contributed by atoms with Crippen molar-refractivity contribution in [3.05, 3.63) is 0 Å². The van der Waals surface area contributed by atoms with Gasteiger partial charge in [-0.25, -0.2) is 0 Å². The van der Waals surface area contributed by atoms with Gasteiger partial charge in [-0.05, 0) is 30.6 Å². The fourth-order valence-corrected chi connectivity index (χ4v) is 3.16. The molecule has 1 amide bonds. The van der Waals surface area contributed by atoms with E-state index < -0.39 is 5.97 Å². The van der Waals surface area contributed by atoms with Crippen LogP contribution < -0.4 is 0 Å². The maximum absolute atomic E-state index is 12.4. The molecule has 0 radical (unpaired) electrons. The zero-order valence-electron chi connectivity index (χ0n) is 12.1. The SMILES string of the molecule is CCC(C)C(C)C(=O)N1C[C@H](C(=O)O)[C@@H](C2CC2)C1. The zero-order chi connectivity index (χ0) is 14.2. The van der Waals surface area contributed by atoms with Gasteiger partial charge in [0.1, 0.15) is 0 Å². The van der Waals surface area contributed by atoms with Crippen LogP contribution in [0.4, 0.5) is 0 Å². The summed E-state index contributed by atoms with van der Waals surface area (Å²) in [6.07, 6.45) is 3.25. The normalized spacial score (nSPS) is 30.2. The summed E-state index contributed by atoms with van der Waals surface area (Å²) in [5.41, 5.74) is 0. The maximum Gasteiger partial charge on any atom is 0.308 e. The first kappa shape index (κ1) is 14.4. The van der Waals surface area contributed by atoms with Crippen molar-refractivity contribution in [1.82, 2.24) is 4.90 Å². The Hall–Kier alpha value is -1.06. The Balaban J connectivity index is 2.02. The molecule has 2 aliphatic rings. The number of aliphatic carboxylic acids is 1. The van der Waals surface area contributed by atoms with E-state index in [1.807, 2.05) is 6.92 Å². The molecule has 0 spiro atoms. The molecule has 2 unspecified atom stereocenters. The van der Waals surface area contributed by atoms with Gasteiger partial charge in [0.2, 0.25) is 5.91 Å². The molecule has 1 saturated carbocycles. The van der Waals surface area contributed by atoms with Gasteiger partial charge < -0.3 is 10.0 Å². The number of carbonyl (C=O) groups is 2. The third-order valence-electron chi connectivity index (χ3n) is 5.11. The summed E-state index contributed by atoms with van der Waals surface area (Å²) in [6.45, 7) is 7.21. The molecule has 2 rings (SSSR count). The van der Waals surface area contributed by atoms with Crippen LogP contribution in [-0.4, -0.2) is 35.0 Å². The van der Waals surface area contributed by atoms with Crippen LogP contribution in [0.1, 0.15) is 40.0 Å². The molecule has 0 aromatic heterocycles. The van der Waals surface area contributed by atoms with Crippen molar-refractivity contribution in [3.63, 3.8) is 0 Å². The molecule has 1 aliphatic heterocycles. The van der Waals surface area contributed by atoms with Crippen LogP contribution in [-0.2, 0) is 9.59 Å². The van der Waals surface area contributed by atoms with E-state index in [0.717, 1.165) is 19.3 Å². The fourth-order valence-electron chi connectivity index (χ4n) is 3.16. The second kappa shape index (κ2) is 5.51. The second-order valence-corrected chi connectivity index (χ2v) is 6.36. The quantitative estimate of drug-likeness (QED) is 0.831. The average molecular weight is 267 g/mol. The Morgan fingerprint density at radius 1 is 1.26 bits per heavy atom. The number of amides is 1. The van der Waals surface area contributed by atoms with Crippen LogP contribution in [0, 0.1) is 29.6 Å². The van der Waals surface area contributed by atoms with Crippen molar-refractivity contribution in [3.8, 4) is 0 Å². The monoisotopic (exact) mass is 267 g/mol. The Bertz CT molecular complexity index is 364. The Morgan fingerprint density at radius 3 is 2.37 bits per heavy atom. The lowest BCUT2D eigenvalue weighted by Gasteiger charge is -2.24. The standard InChI is InChI=1S/C15H25NO3/c1-4-9(2)10(3)14(17)16-7-12(11-5-6-11)13(8-16)15(18)19/h9-13H,4-8H2,1-3H3,(H,18,19)/t9?,10?,12-,13+/m1/s1. The van der Waals surface area contributed by atoms with Crippen molar-refractivity contribution in [1.29, 1.82) is 0 Å². The highest BCUT2D eigenvalue weighted by Crippen LogP contribution is 2.44. The highest BCUT2D eigenvalue weighted by Gasteiger charge is 2.47. The molecular formula is C15H25NO3. The van der Waals surface area contributed by atoms with Gasteiger partial charge in [0, 0.05) is 19.0 Å². The van der Waals surface area contributed by atoms with Gasteiger partial charge in [-0.15, -0.1) is 0 Å². The smallest absolute Gasteiger partial charge is 0.308 e. The number of carboxylic acids is 1. The van der Waals surface area contributed by atoms with Crippen LogP contribution in [0.15, 0.2) is 0 Å². The maximum atomic E-state index is 12.4. The predicted molar refractivity (Wildman–Crippen MR) is 72.5 cm³/mol. The average Bonchev–Trinajstić information content (AvgIpc) is 3.14. The van der Waals surface area contributed by atoms with Gasteiger partial charge in [-0.3, -0.25) is 9.59 Å². The first-order valence-electron chi connectivity index (χ1n) is 7.47. The first-order valence-corrected chi connectivity index (χ1v) is 7.47. The van der Waals surface area contributed by atoms with E-state index in [1.54, 1.807) is 4.90 Å². The molecule has 0 bridgehead atoms. The number of carboxylic acid groups (broad SMARTS) is 1. The summed E-state index contributed by atoms with van der Waals surface area (Å²) < 4.78 is 0. The van der Waals surface area contributed by atoms with Crippen molar-refractivity contribution < 1.29 is 14.7 Å². The molecule has 1 aliphatic carbocycles. The lowest BCUT2D eigenvalue weighted by molar-refractivity contribution is -0.143. The topological polar surface area (TPSA) is 57.6 Å². The lowest BCUT2D eigenvalue weighted by atomic mass is 9.92. The van der Waals surface area contributed by atoms with Gasteiger partial charge in [0.25, 0.3) is 0 Å². The van der Waals surface area contributed by atoms with E-state index in [2.05, 4.69) is 13.8 Å². The zero-order valence-corrected chi connectivity index (χ0v) is 12.1. The van der Waals surface area contributed by atoms with Crippen LogP contribution in [0.5, 0.6) is 0 Å². The molecule has 2 fully saturated rings. The summed E-state index contributed by atoms with van der Waals surface area (Å²) in [5, 5.41) is 9.32. The van der Waals surface area contributed by atoms with Gasteiger partial charge in [-0.2, -0.15) is 0 Å². The van der Waals surface area contributed by atoms with Gasteiger partial charge in [0.05, 0.1) is 5.92 Å². The van der Waals surface area contributed by atoms with Crippen molar-refractivity contribution in [2.24, 2.45) is 29.6 Å². The summed E-state index contributed by atoms with van der Waals surface area (Å²) >= 11 is 0. The number of likely N-dealkylation sites (tertiary alicyclic amines) is 1. The summed E-state index contributed by atoms with van der Waals surface area (Å²) in [7, 11) is 0. The first-order chi connectivity index (χ1) is 8.95. The second-order valence-electron chi connectivity index (χ2n) is 6.36. The molecule has 1 N–H and O–H groups in total. The number of rotatable bonds is 5. The summed E-state index contributed by atoms with van der Waals surface area (Å²) in [6, 6.07) is 0. The molecule has 4 nitrogen and oxygen atoms in total. The minimum absolute atomic E-state index is 0.00241. The molecule has 1 saturated heterocycles. The molecule has 4 heteroatoms. The summed E-state index contributed by atoms with van der Waals surface area (Å²) in [5.74, 6) is 0.143. The number of nitrogens with zero attached hydrogens (tertiary/aromatic N) is 1. The van der Waals surface area contributed by atoms with E-state index in [1.165, 1.54) is 0 Å². The largest absolute Gasteiger partial charge is 0.481 e. The van der Waals surface area contributed by atoms with Crippen LogP contribution in [0.3, 0.4) is 0 Å². The highest BCUT2D eigenvalue weighted by molar-refractivity contribution is 5.81. The lowest BCUT2D eigenvalue weighted by Crippen LogP contribution is -2.36. The van der Waals surface area contributed by atoms with Crippen LogP contribution >= 0.6 is 0 Å². The van der Waals surface area contributed by atoms with Gasteiger partial charge in [-0.1, -0.05) is 27.2 Å². The number of hydrogen-bond donors (Lipinski definition) is 1. The van der Waals surface area contributed by atoms with Crippen LogP contribution in [0.25, 0.3) is 0 Å². The van der Waals surface area contributed by atoms with Gasteiger partial charge >= 0.3 is 5.97 Å². The minimum atomic E-state index is -0.733. The molecular weight excluding hydrogens is 242 g/mol. The van der Waals surface area contributed by atoms with Crippen molar-refractivity contribution in [2.45, 2.75) is 40.0 Å². The fraction of sp³-hybridized carbons (Fsp3) is 0.867. The number of hydrogen-bond acceptors (Lipinski definition) is 2. The van der Waals surface area contributed by atoms with E-state index in [-0.39, 0.29) is 23.7 Å². The number of carbonyl (C=O) groups excluding carboxylic acids is 1. The van der Waals surface area contributed by atoms with Crippen LogP contribution in [0.2, 0.25) is 0 Å². The highest BCUT2D eigenvalue weighted by atomic mass is 16.4. The Kier molecular flexibility index (Phi) is 4.16. The van der Waals surface area contributed by atoms with Crippen molar-refractivity contribution in [2.75, 3.05) is 13.1 Å². The van der Waals surface area contributed by atoms with Gasteiger partial charge in [0.15, 0.2) is 0 Å². The molecule has 4 atom stereocenters. The molecule has 19 heavy (non-hydrogen) atoms. The van der Waals surface area contributed by atoms with E-state index >= 15 is 0 Å². The Morgan fingerprint density at radius 2 is 1.89 bits per heavy atom. The molecule has 0 aromatic carbocycles. The summed E-state index contributed by atoms with van der Waals surface area (Å²) in [4.78, 5) is 25.6. The minimum Gasteiger partial charge on any atom is -0.481 e. The Labute approximate surface area is 115 Å². The van der Waals surface area contributed by atoms with E-state index in [9.17, 15) is 14.7 Å². The third kappa shape index (κ3) is 2.93. The van der Waals surface area contributed by atoms with Crippen molar-refractivity contribution >= 4 is 11.9 Å². The van der Waals surface area contributed by atoms with E-state index in [0.29, 0.717) is 24.9 Å².